The van der Waals surface area contributed by atoms with E-state index in [1.165, 1.54) is 61.1 Å². The molecule has 2 heteroatoms. The minimum Gasteiger partial charge on any atom is -0.309 e. The average molecular weight is 569 g/mol. The van der Waals surface area contributed by atoms with E-state index >= 15 is 0 Å². The largest absolute Gasteiger partial charge is 0.309 e. The van der Waals surface area contributed by atoms with Crippen LogP contribution in [0.1, 0.15) is 38.8 Å². The number of hydrogen-bond donors (Lipinski definition) is 0. The van der Waals surface area contributed by atoms with Crippen LogP contribution in [0.3, 0.4) is 0 Å². The van der Waals surface area contributed by atoms with Gasteiger partial charge in [0.2, 0.25) is 0 Å². The molecule has 0 N–H and O–H groups in total. The number of nitrogens with zero attached hydrogens (tertiary/aromatic N) is 2. The zero-order valence-electron chi connectivity index (χ0n) is 25.8. The van der Waals surface area contributed by atoms with Crippen molar-refractivity contribution in [2.45, 2.75) is 38.5 Å². The normalized spacial score (nSPS) is 14.7. The van der Waals surface area contributed by atoms with Crippen LogP contribution in [0.2, 0.25) is 0 Å². The summed E-state index contributed by atoms with van der Waals surface area (Å²) in [4.78, 5) is 2.51. The molecule has 0 amide bonds. The maximum absolute atomic E-state index is 2.51. The van der Waals surface area contributed by atoms with Gasteiger partial charge in [-0.1, -0.05) is 125 Å². The highest BCUT2D eigenvalue weighted by Gasteiger charge is 2.47. The van der Waals surface area contributed by atoms with Crippen LogP contribution in [0.5, 0.6) is 0 Å². The van der Waals surface area contributed by atoms with E-state index < -0.39 is 0 Å². The predicted octanol–water partition coefficient (Wildman–Crippen LogP) is 11.5. The summed E-state index contributed by atoms with van der Waals surface area (Å²) in [6.07, 6.45) is 0. The quantitative estimate of drug-likeness (QED) is 0.205. The van der Waals surface area contributed by atoms with Crippen LogP contribution in [0, 0.1) is 0 Å². The summed E-state index contributed by atoms with van der Waals surface area (Å²) in [5.74, 6) is 0. The van der Waals surface area contributed by atoms with Crippen molar-refractivity contribution in [2.24, 2.45) is 0 Å². The molecule has 1 aromatic heterocycles. The number of fused-ring (bicyclic) bond motifs is 6. The van der Waals surface area contributed by atoms with Crippen molar-refractivity contribution in [3.8, 4) is 16.8 Å². The summed E-state index contributed by atoms with van der Waals surface area (Å²) in [5, 5.41) is 2.50. The van der Waals surface area contributed by atoms with E-state index in [9.17, 15) is 0 Å². The molecule has 6 aromatic carbocycles. The molecule has 2 nitrogen and oxygen atoms in total. The highest BCUT2D eigenvalue weighted by Crippen LogP contribution is 2.58. The Morgan fingerprint density at radius 2 is 1.07 bits per heavy atom. The van der Waals surface area contributed by atoms with Gasteiger partial charge in [0.15, 0.2) is 0 Å². The van der Waals surface area contributed by atoms with Gasteiger partial charge < -0.3 is 9.47 Å². The van der Waals surface area contributed by atoms with Crippen molar-refractivity contribution >= 4 is 38.9 Å². The van der Waals surface area contributed by atoms with E-state index in [-0.39, 0.29) is 10.8 Å². The van der Waals surface area contributed by atoms with E-state index in [0.29, 0.717) is 0 Å². The first-order chi connectivity index (χ1) is 21.4. The zero-order valence-corrected chi connectivity index (χ0v) is 25.8. The van der Waals surface area contributed by atoms with E-state index in [1.54, 1.807) is 0 Å². The third kappa shape index (κ3) is 3.67. The molecule has 0 fully saturated rings. The van der Waals surface area contributed by atoms with E-state index in [1.807, 2.05) is 0 Å². The maximum atomic E-state index is 2.51. The van der Waals surface area contributed by atoms with Gasteiger partial charge >= 0.3 is 0 Å². The molecule has 0 atom stereocenters. The summed E-state index contributed by atoms with van der Waals surface area (Å²) in [7, 11) is 0. The lowest BCUT2D eigenvalue weighted by molar-refractivity contribution is 0.300. The average Bonchev–Trinajstić information content (AvgIpc) is 3.40. The fourth-order valence-corrected chi connectivity index (χ4v) is 7.55. The first-order valence-corrected chi connectivity index (χ1v) is 15.6. The molecule has 7 aromatic rings. The first-order valence-electron chi connectivity index (χ1n) is 15.6. The van der Waals surface area contributed by atoms with Gasteiger partial charge in [-0.05, 0) is 76.2 Å². The SMILES string of the molecule is CC1(C)c2ccccc2-c2cccc(N(c3ccccc3)c3cccc4c3c3ccccc3n4-c3ccccc3)c2C1(C)C. The molecular formula is C42H36N2. The van der Waals surface area contributed by atoms with Crippen molar-refractivity contribution in [1.82, 2.24) is 4.57 Å². The van der Waals surface area contributed by atoms with Gasteiger partial charge in [-0.3, -0.25) is 0 Å². The highest BCUT2D eigenvalue weighted by atomic mass is 15.2. The smallest absolute Gasteiger partial charge is 0.0562 e. The second-order valence-corrected chi connectivity index (χ2v) is 13.0. The molecule has 1 heterocycles. The van der Waals surface area contributed by atoms with Crippen LogP contribution >= 0.6 is 0 Å². The minimum atomic E-state index is -0.147. The van der Waals surface area contributed by atoms with E-state index in [0.717, 1.165) is 5.69 Å². The molecule has 0 unspecified atom stereocenters. The molecule has 0 saturated heterocycles. The molecular weight excluding hydrogens is 532 g/mol. The second kappa shape index (κ2) is 9.72. The summed E-state index contributed by atoms with van der Waals surface area (Å²) in [6.45, 7) is 9.67. The zero-order chi connectivity index (χ0) is 30.1. The Balaban J connectivity index is 1.50. The fourth-order valence-electron chi connectivity index (χ4n) is 7.55. The van der Waals surface area contributed by atoms with Crippen LogP contribution in [-0.4, -0.2) is 4.57 Å². The predicted molar refractivity (Wildman–Crippen MR) is 187 cm³/mol. The monoisotopic (exact) mass is 568 g/mol. The molecule has 0 aliphatic heterocycles. The van der Waals surface area contributed by atoms with Gasteiger partial charge in [0, 0.05) is 27.6 Å². The Morgan fingerprint density at radius 1 is 0.477 bits per heavy atom. The molecule has 44 heavy (non-hydrogen) atoms. The van der Waals surface area contributed by atoms with Crippen LogP contribution < -0.4 is 4.90 Å². The van der Waals surface area contributed by atoms with Gasteiger partial charge in [0.25, 0.3) is 0 Å². The van der Waals surface area contributed by atoms with Crippen LogP contribution in [0.15, 0.2) is 146 Å². The molecule has 1 aliphatic rings. The fraction of sp³-hybridized carbons (Fsp3) is 0.143. The Morgan fingerprint density at radius 3 is 1.86 bits per heavy atom. The first kappa shape index (κ1) is 26.5. The van der Waals surface area contributed by atoms with Crippen molar-refractivity contribution < 1.29 is 0 Å². The Hall–Kier alpha value is -5.08. The lowest BCUT2D eigenvalue weighted by Crippen LogP contribution is -2.44. The van der Waals surface area contributed by atoms with Crippen molar-refractivity contribution in [2.75, 3.05) is 4.90 Å². The summed E-state index contributed by atoms with van der Waals surface area (Å²) >= 11 is 0. The van der Waals surface area contributed by atoms with Crippen molar-refractivity contribution in [1.29, 1.82) is 0 Å². The summed E-state index contributed by atoms with van der Waals surface area (Å²) in [6, 6.07) is 53.1. The molecule has 0 saturated carbocycles. The van der Waals surface area contributed by atoms with Gasteiger partial charge in [-0.2, -0.15) is 0 Å². The third-order valence-corrected chi connectivity index (χ3v) is 10.3. The van der Waals surface area contributed by atoms with Gasteiger partial charge in [0.05, 0.1) is 22.4 Å². The van der Waals surface area contributed by atoms with Crippen LogP contribution in [0.4, 0.5) is 17.1 Å². The van der Waals surface area contributed by atoms with Crippen molar-refractivity contribution in [3.63, 3.8) is 0 Å². The summed E-state index contributed by atoms with van der Waals surface area (Å²) < 4.78 is 2.40. The lowest BCUT2D eigenvalue weighted by Gasteiger charge is -2.50. The highest BCUT2D eigenvalue weighted by molar-refractivity contribution is 6.16. The minimum absolute atomic E-state index is 0.0790. The van der Waals surface area contributed by atoms with Crippen LogP contribution in [0.25, 0.3) is 38.6 Å². The third-order valence-electron chi connectivity index (χ3n) is 10.3. The molecule has 0 radical (unpaired) electrons. The maximum Gasteiger partial charge on any atom is 0.0562 e. The number of aromatic nitrogens is 1. The number of rotatable bonds is 4. The van der Waals surface area contributed by atoms with Gasteiger partial charge in [-0.15, -0.1) is 0 Å². The van der Waals surface area contributed by atoms with E-state index in [4.69, 9.17) is 0 Å². The Labute approximate surface area is 259 Å². The molecule has 1 aliphatic carbocycles. The number of hydrogen-bond acceptors (Lipinski definition) is 1. The molecule has 0 spiro atoms. The number of benzene rings is 6. The van der Waals surface area contributed by atoms with Crippen LogP contribution in [-0.2, 0) is 10.8 Å². The van der Waals surface area contributed by atoms with Gasteiger partial charge in [0.1, 0.15) is 0 Å². The molecule has 0 bridgehead atoms. The number of anilines is 3. The standard InChI is InChI=1S/C42H36N2/c1-41(2)34-24-13-11-21-31(34)32-23-15-28-38(40(32)42(41,3)4)44(30-19-9-6-10-20-30)37-27-16-26-36-39(37)33-22-12-14-25-35(33)43(36)29-17-7-5-8-18-29/h5-28H,1-4H3. The van der Waals surface area contributed by atoms with Gasteiger partial charge in [-0.25, -0.2) is 0 Å². The van der Waals surface area contributed by atoms with Crippen molar-refractivity contribution in [3.05, 3.63) is 157 Å². The molecule has 214 valence electrons. The lowest BCUT2D eigenvalue weighted by atomic mass is 9.55. The topological polar surface area (TPSA) is 8.17 Å². The van der Waals surface area contributed by atoms with E-state index in [2.05, 4.69) is 183 Å². The molecule has 8 rings (SSSR count). The number of para-hydroxylation sites is 3. The Kier molecular flexibility index (Phi) is 5.86. The Bertz CT molecular complexity index is 2170. The summed E-state index contributed by atoms with van der Waals surface area (Å²) in [5.41, 5.74) is 12.4. The second-order valence-electron chi connectivity index (χ2n) is 13.0.